The molecule has 0 aromatic carbocycles. The summed E-state index contributed by atoms with van der Waals surface area (Å²) in [4.78, 5) is 101. The molecule has 2 heterocycles. The van der Waals surface area contributed by atoms with Crippen molar-refractivity contribution in [1.29, 1.82) is 0 Å². The van der Waals surface area contributed by atoms with E-state index in [4.69, 9.17) is 42.4 Å². The Morgan fingerprint density at radius 2 is 1.39 bits per heavy atom. The van der Waals surface area contributed by atoms with Crippen molar-refractivity contribution in [2.75, 3.05) is 111 Å². The SMILES string of the molecule is CCCC1O[C@@H]2C[C@H]3[C@@H]4C[C@H](F)C5=CC(=O)C=C[C@]5(C)[C@@]4(F)[C@@H](O)C[C@]3(C)[C@]2(C(=O)COCNC(=O)CNC(=O)CNC(=O)CNC(=O)CNC(=O)COC2CCCCCc3nnn(CCOCCOCCOCCOCCC(=O)NCCS(=O)(=O)O)c32)O1. The van der Waals surface area contributed by atoms with E-state index in [2.05, 4.69) is 42.2 Å². The molecule has 2 unspecified atom stereocenters. The summed E-state index contributed by atoms with van der Waals surface area (Å²) in [5.41, 5.74) is -5.46. The number of aliphatic hydroxyl groups excluding tert-OH is 1. The fourth-order valence-electron chi connectivity index (χ4n) is 13.1. The van der Waals surface area contributed by atoms with Gasteiger partial charge in [-0.1, -0.05) is 44.4 Å². The van der Waals surface area contributed by atoms with E-state index in [1.807, 2.05) is 6.92 Å². The molecule has 11 atom stereocenters. The fourth-order valence-corrected chi connectivity index (χ4v) is 13.5. The molecule has 0 spiro atoms. The van der Waals surface area contributed by atoms with Gasteiger partial charge in [0.15, 0.2) is 29.1 Å². The second-order valence-corrected chi connectivity index (χ2v) is 24.9. The maximum atomic E-state index is 17.8. The topological polar surface area (TPSA) is 388 Å². The van der Waals surface area contributed by atoms with Crippen molar-refractivity contribution in [2.24, 2.45) is 22.7 Å². The smallest absolute Gasteiger partial charge is 0.266 e. The van der Waals surface area contributed by atoms with Crippen LogP contribution in [0.3, 0.4) is 0 Å². The van der Waals surface area contributed by atoms with Crippen molar-refractivity contribution < 1.29 is 103 Å². The monoisotopic (exact) mass is 1290 g/mol. The van der Waals surface area contributed by atoms with E-state index in [1.54, 1.807) is 11.6 Å². The molecule has 5 aliphatic carbocycles. The maximum Gasteiger partial charge on any atom is 0.266 e. The standard InChI is InChI=1S/C57H85F2N9O20S/c1-4-8-52-87-45-27-37-38-26-40(58)39-25-36(69)11-13-54(39,2)56(38,59)43(70)28-55(37,3)57(45,88-52)44(71)33-85-35-65-50(76)32-63-48(74)30-61-47(73)29-62-49(75)31-64-51(77)34-86-42-10-7-5-6-9-41-53(42)68(67-66-41)15-17-82-19-21-84-23-22-83-20-18-81-16-12-46(72)60-14-24-89(78,79)80/h11,13,25,37-38,40,42-43,45,52,70H,4-10,12,14-24,26-35H2,1-3H3,(H,60,72)(H,61,73)(H,62,75)(H,63,74)(H,64,77)(H,65,76)(H,78,79,80)/t37-,38-,40-,42?,43-,45+,52?,54-,55-,56-,57+/m0/s1. The van der Waals surface area contributed by atoms with Crippen LogP contribution in [0.1, 0.15) is 102 Å². The lowest BCUT2D eigenvalue weighted by atomic mass is 9.44. The summed E-state index contributed by atoms with van der Waals surface area (Å²) in [6.45, 7) is 3.94. The molecule has 1 aromatic rings. The highest BCUT2D eigenvalue weighted by molar-refractivity contribution is 7.85. The highest BCUT2D eigenvalue weighted by Crippen LogP contribution is 2.72. The Hall–Kier alpha value is -5.81. The second-order valence-electron chi connectivity index (χ2n) is 23.3. The molecule has 1 aliphatic heterocycles. The number of allylic oxidation sites excluding steroid dienone is 4. The van der Waals surface area contributed by atoms with Crippen LogP contribution in [-0.4, -0.2) is 227 Å². The lowest BCUT2D eigenvalue weighted by Crippen LogP contribution is -2.71. The number of carbonyl (C=O) groups is 8. The Morgan fingerprint density at radius 1 is 0.775 bits per heavy atom. The number of fused-ring (bicyclic) bond motifs is 8. The fraction of sp³-hybridized carbons (Fsp3) is 0.754. The number of aliphatic hydroxyl groups is 1. The lowest BCUT2D eigenvalue weighted by Gasteiger charge is -2.63. The van der Waals surface area contributed by atoms with E-state index < -0.39 is 167 Å². The number of ketones is 2. The van der Waals surface area contributed by atoms with Gasteiger partial charge in [0.25, 0.3) is 10.1 Å². The number of carbonyl (C=O) groups excluding carboxylic acids is 8. The van der Waals surface area contributed by atoms with E-state index >= 15 is 8.78 Å². The van der Waals surface area contributed by atoms with E-state index in [1.165, 1.54) is 19.1 Å². The number of aryl methyl sites for hydroxylation is 1. The van der Waals surface area contributed by atoms with Gasteiger partial charge in [-0.15, -0.1) is 5.10 Å². The van der Waals surface area contributed by atoms with E-state index in [0.29, 0.717) is 65.3 Å². The summed E-state index contributed by atoms with van der Waals surface area (Å²) in [5.74, 6) is -7.22. The molecule has 0 radical (unpaired) electrons. The van der Waals surface area contributed by atoms with Crippen LogP contribution >= 0.6 is 0 Å². The van der Waals surface area contributed by atoms with Gasteiger partial charge >= 0.3 is 0 Å². The molecule has 1 saturated heterocycles. The first-order valence-electron chi connectivity index (χ1n) is 30.3. The van der Waals surface area contributed by atoms with Crippen LogP contribution in [0.2, 0.25) is 0 Å². The average Bonchev–Trinajstić information content (AvgIpc) is 0.844. The molecule has 89 heavy (non-hydrogen) atoms. The first kappa shape index (κ1) is 70.6. The largest absolute Gasteiger partial charge is 0.390 e. The van der Waals surface area contributed by atoms with Gasteiger partial charge in [-0.3, -0.25) is 42.9 Å². The Labute approximate surface area is 514 Å². The van der Waals surface area contributed by atoms with Crippen molar-refractivity contribution in [1.82, 2.24) is 46.9 Å². The summed E-state index contributed by atoms with van der Waals surface area (Å²) < 4.78 is 112. The van der Waals surface area contributed by atoms with Crippen molar-refractivity contribution in [3.8, 4) is 0 Å². The predicted molar refractivity (Wildman–Crippen MR) is 306 cm³/mol. The molecular weight excluding hydrogens is 1200 g/mol. The van der Waals surface area contributed by atoms with Crippen LogP contribution in [0, 0.1) is 22.7 Å². The van der Waals surface area contributed by atoms with Crippen molar-refractivity contribution >= 4 is 57.1 Å². The Balaban J connectivity index is 0.731. The third kappa shape index (κ3) is 17.8. The number of hydrogen-bond acceptors (Lipinski definition) is 21. The number of nitrogens with one attached hydrogen (secondary N) is 6. The van der Waals surface area contributed by atoms with Gasteiger partial charge in [0.2, 0.25) is 35.4 Å². The highest BCUT2D eigenvalue weighted by Gasteiger charge is 2.80. The summed E-state index contributed by atoms with van der Waals surface area (Å²) in [6.07, 6.45) is 2.79. The van der Waals surface area contributed by atoms with Gasteiger partial charge in [0.05, 0.1) is 115 Å². The molecule has 6 aliphatic rings. The third-order valence-corrected chi connectivity index (χ3v) is 18.1. The third-order valence-electron chi connectivity index (χ3n) is 17.4. The minimum absolute atomic E-state index is 0.0191. The predicted octanol–water partition coefficient (Wildman–Crippen LogP) is -0.754. The van der Waals surface area contributed by atoms with Crippen LogP contribution in [-0.2, 0) is 99.3 Å². The van der Waals surface area contributed by atoms with Crippen LogP contribution in [0.4, 0.5) is 8.78 Å². The van der Waals surface area contributed by atoms with E-state index in [0.717, 1.165) is 36.7 Å². The molecule has 32 heteroatoms. The Kier molecular flexibility index (Phi) is 25.8. The molecule has 3 saturated carbocycles. The Morgan fingerprint density at radius 3 is 2.03 bits per heavy atom. The number of ether oxygens (including phenoxy) is 8. The van der Waals surface area contributed by atoms with Gasteiger partial charge in [0.1, 0.15) is 32.2 Å². The molecule has 498 valence electrons. The number of hydrogen-bond donors (Lipinski definition) is 8. The molecule has 6 amide bonds. The van der Waals surface area contributed by atoms with E-state index in [9.17, 15) is 51.9 Å². The summed E-state index contributed by atoms with van der Waals surface area (Å²) in [6, 6.07) is 0. The van der Waals surface area contributed by atoms with Gasteiger partial charge < -0.3 is 74.9 Å². The molecule has 8 N–H and O–H groups in total. The number of Topliss-reactive ketones (excluding diaryl/α,β-unsaturated/α-hetero) is 1. The summed E-state index contributed by atoms with van der Waals surface area (Å²) in [5, 5.41) is 34.7. The summed E-state index contributed by atoms with van der Waals surface area (Å²) >= 11 is 0. The normalized spacial score (nSPS) is 28.6. The zero-order valence-corrected chi connectivity index (χ0v) is 51.3. The minimum atomic E-state index is -4.14. The molecule has 4 fully saturated rings. The van der Waals surface area contributed by atoms with Crippen LogP contribution in [0.15, 0.2) is 23.8 Å². The number of alkyl halides is 2. The number of halogens is 2. The number of rotatable bonds is 36. The van der Waals surface area contributed by atoms with Crippen LogP contribution in [0.25, 0.3) is 0 Å². The van der Waals surface area contributed by atoms with Crippen molar-refractivity contribution in [3.63, 3.8) is 0 Å². The molecule has 7 rings (SSSR count). The first-order valence-corrected chi connectivity index (χ1v) is 31.9. The van der Waals surface area contributed by atoms with Crippen LogP contribution in [0.5, 0.6) is 0 Å². The van der Waals surface area contributed by atoms with Gasteiger partial charge in [-0.25, -0.2) is 13.5 Å². The summed E-state index contributed by atoms with van der Waals surface area (Å²) in [7, 11) is -4.14. The first-order chi connectivity index (χ1) is 42.4. The van der Waals surface area contributed by atoms with Gasteiger partial charge in [0, 0.05) is 29.7 Å². The van der Waals surface area contributed by atoms with Crippen molar-refractivity contribution in [2.45, 2.75) is 140 Å². The zero-order chi connectivity index (χ0) is 64.4. The second kappa shape index (κ2) is 32.5. The van der Waals surface area contributed by atoms with Crippen molar-refractivity contribution in [3.05, 3.63) is 35.2 Å². The lowest BCUT2D eigenvalue weighted by molar-refractivity contribution is -0.235. The molecule has 29 nitrogen and oxygen atoms in total. The molecule has 1 aromatic heterocycles. The van der Waals surface area contributed by atoms with Crippen LogP contribution < -0.4 is 31.9 Å². The average molecular weight is 1290 g/mol. The maximum absolute atomic E-state index is 17.8. The van der Waals surface area contributed by atoms with E-state index in [-0.39, 0.29) is 64.2 Å². The minimum Gasteiger partial charge on any atom is -0.390 e. The molecule has 0 bridgehead atoms. The zero-order valence-electron chi connectivity index (χ0n) is 50.5. The number of aromatic nitrogens is 3. The Bertz CT molecular complexity index is 2850. The quantitative estimate of drug-likeness (QED) is 0.0233. The number of amides is 6. The number of nitrogens with zero attached hydrogens (tertiary/aromatic N) is 3. The van der Waals surface area contributed by atoms with Gasteiger partial charge in [-0.05, 0) is 75.5 Å². The van der Waals surface area contributed by atoms with Gasteiger partial charge in [-0.2, -0.15) is 8.42 Å². The molecular formula is C57H85F2N9O20S. The highest BCUT2D eigenvalue weighted by atomic mass is 32.2.